The first kappa shape index (κ1) is 14.4. The Kier molecular flexibility index (Phi) is 4.23. The Morgan fingerprint density at radius 1 is 1.37 bits per heavy atom. The summed E-state index contributed by atoms with van der Waals surface area (Å²) in [5.41, 5.74) is 0.154. The minimum atomic E-state index is -3.26. The number of pyridine rings is 1. The van der Waals surface area contributed by atoms with Crippen LogP contribution in [0.4, 0.5) is 0 Å². The maximum atomic E-state index is 12.1. The minimum Gasteiger partial charge on any atom is -0.387 e. The van der Waals surface area contributed by atoms with Gasteiger partial charge in [-0.25, -0.2) is 8.42 Å². The highest BCUT2D eigenvalue weighted by atomic mass is 32.2. The number of aromatic nitrogens is 1. The van der Waals surface area contributed by atoms with E-state index in [9.17, 15) is 13.5 Å². The maximum absolute atomic E-state index is 12.1. The van der Waals surface area contributed by atoms with Crippen molar-refractivity contribution in [2.45, 2.75) is 31.8 Å². The number of sulfonamides is 1. The first-order chi connectivity index (χ1) is 8.95. The minimum absolute atomic E-state index is 0.0826. The van der Waals surface area contributed by atoms with Crippen molar-refractivity contribution in [3.63, 3.8) is 0 Å². The number of hydrogen-bond acceptors (Lipinski definition) is 4. The van der Waals surface area contributed by atoms with Gasteiger partial charge in [-0.15, -0.1) is 0 Å². The molecule has 0 unspecified atom stereocenters. The summed E-state index contributed by atoms with van der Waals surface area (Å²) in [4.78, 5) is 3.90. The summed E-state index contributed by atoms with van der Waals surface area (Å²) in [6.45, 7) is 2.46. The molecule has 6 heteroatoms. The second-order valence-electron chi connectivity index (χ2n) is 5.16. The van der Waals surface area contributed by atoms with E-state index >= 15 is 0 Å². The summed E-state index contributed by atoms with van der Waals surface area (Å²) >= 11 is 0. The summed E-state index contributed by atoms with van der Waals surface area (Å²) in [6.07, 6.45) is 5.31. The smallest absolute Gasteiger partial charge is 0.214 e. The van der Waals surface area contributed by atoms with Gasteiger partial charge in [-0.1, -0.05) is 13.3 Å². The highest BCUT2D eigenvalue weighted by molar-refractivity contribution is 7.89. The van der Waals surface area contributed by atoms with Crippen molar-refractivity contribution in [1.29, 1.82) is 0 Å². The Morgan fingerprint density at radius 2 is 2.00 bits per heavy atom. The van der Waals surface area contributed by atoms with Gasteiger partial charge < -0.3 is 5.11 Å². The molecule has 1 saturated heterocycles. The fraction of sp³-hybridized carbons (Fsp3) is 0.615. The summed E-state index contributed by atoms with van der Waals surface area (Å²) < 4.78 is 25.5. The van der Waals surface area contributed by atoms with Gasteiger partial charge in [0.1, 0.15) is 0 Å². The van der Waals surface area contributed by atoms with Crippen molar-refractivity contribution in [1.82, 2.24) is 9.29 Å². The lowest BCUT2D eigenvalue weighted by Crippen LogP contribution is -2.63. The van der Waals surface area contributed by atoms with Crippen LogP contribution in [-0.2, 0) is 16.4 Å². The lowest BCUT2D eigenvalue weighted by Gasteiger charge is -2.45. The highest BCUT2D eigenvalue weighted by Gasteiger charge is 2.45. The van der Waals surface area contributed by atoms with Crippen molar-refractivity contribution in [3.8, 4) is 0 Å². The number of aliphatic hydroxyl groups is 1. The van der Waals surface area contributed by atoms with Gasteiger partial charge in [-0.2, -0.15) is 4.31 Å². The molecular formula is C13H20N2O3S. The molecule has 1 aliphatic rings. The van der Waals surface area contributed by atoms with Gasteiger partial charge in [0.25, 0.3) is 0 Å². The molecule has 1 aromatic heterocycles. The van der Waals surface area contributed by atoms with Gasteiger partial charge in [0.15, 0.2) is 0 Å². The van der Waals surface area contributed by atoms with Crippen LogP contribution in [0.1, 0.15) is 25.3 Å². The van der Waals surface area contributed by atoms with Crippen LogP contribution in [0.2, 0.25) is 0 Å². The Balaban J connectivity index is 1.87. The quantitative estimate of drug-likeness (QED) is 0.839. The van der Waals surface area contributed by atoms with Crippen molar-refractivity contribution in [2.75, 3.05) is 18.8 Å². The normalized spacial score (nSPS) is 19.1. The van der Waals surface area contributed by atoms with Gasteiger partial charge in [0, 0.05) is 25.5 Å². The molecule has 106 valence electrons. The molecule has 1 aliphatic heterocycles. The Labute approximate surface area is 114 Å². The van der Waals surface area contributed by atoms with E-state index in [0.717, 1.165) is 12.0 Å². The SMILES string of the molecule is CCCC1(O)CN(S(=O)(=O)CCc2ccncc2)C1. The molecule has 0 radical (unpaired) electrons. The van der Waals surface area contributed by atoms with Crippen LogP contribution in [0, 0.1) is 0 Å². The van der Waals surface area contributed by atoms with E-state index in [1.807, 2.05) is 19.1 Å². The standard InChI is InChI=1S/C13H20N2O3S/c1-2-6-13(16)10-15(11-13)19(17,18)9-5-12-3-7-14-8-4-12/h3-4,7-8,16H,2,5-6,9-11H2,1H3. The molecule has 1 aromatic rings. The van der Waals surface area contributed by atoms with E-state index in [4.69, 9.17) is 0 Å². The van der Waals surface area contributed by atoms with E-state index < -0.39 is 15.6 Å². The Hall–Kier alpha value is -0.980. The number of nitrogens with zero attached hydrogens (tertiary/aromatic N) is 2. The van der Waals surface area contributed by atoms with Crippen LogP contribution in [0.25, 0.3) is 0 Å². The lowest BCUT2D eigenvalue weighted by atomic mass is 9.92. The zero-order chi connectivity index (χ0) is 13.9. The molecule has 5 nitrogen and oxygen atoms in total. The zero-order valence-electron chi connectivity index (χ0n) is 11.1. The molecule has 1 N–H and O–H groups in total. The predicted molar refractivity (Wildman–Crippen MR) is 73.2 cm³/mol. The molecule has 2 heterocycles. The van der Waals surface area contributed by atoms with Gasteiger partial charge in [0.2, 0.25) is 10.0 Å². The molecule has 0 saturated carbocycles. The van der Waals surface area contributed by atoms with E-state index in [1.165, 1.54) is 4.31 Å². The molecule has 0 aliphatic carbocycles. The van der Waals surface area contributed by atoms with Gasteiger partial charge in [-0.05, 0) is 30.5 Å². The largest absolute Gasteiger partial charge is 0.387 e. The molecule has 0 bridgehead atoms. The molecule has 0 aromatic carbocycles. The molecule has 0 amide bonds. The monoisotopic (exact) mass is 284 g/mol. The predicted octanol–water partition coefficient (Wildman–Crippen LogP) is 0.801. The van der Waals surface area contributed by atoms with Gasteiger partial charge >= 0.3 is 0 Å². The fourth-order valence-corrected chi connectivity index (χ4v) is 3.98. The highest BCUT2D eigenvalue weighted by Crippen LogP contribution is 2.28. The van der Waals surface area contributed by atoms with Crippen LogP contribution >= 0.6 is 0 Å². The number of rotatable bonds is 6. The molecule has 0 atom stereocenters. The van der Waals surface area contributed by atoms with Crippen molar-refractivity contribution in [2.24, 2.45) is 0 Å². The Bertz CT molecular complexity index is 510. The lowest BCUT2D eigenvalue weighted by molar-refractivity contribution is -0.0652. The summed E-state index contributed by atoms with van der Waals surface area (Å²) in [6, 6.07) is 3.64. The van der Waals surface area contributed by atoms with Crippen molar-refractivity contribution < 1.29 is 13.5 Å². The molecular weight excluding hydrogens is 264 g/mol. The Morgan fingerprint density at radius 3 is 2.58 bits per heavy atom. The van der Waals surface area contributed by atoms with E-state index in [0.29, 0.717) is 12.8 Å². The zero-order valence-corrected chi connectivity index (χ0v) is 11.9. The van der Waals surface area contributed by atoms with Crippen LogP contribution in [-0.4, -0.2) is 47.3 Å². The number of β-amino-alcohol motifs (C(OH)–C–C–N with tert-alkyl or cyclic N) is 1. The van der Waals surface area contributed by atoms with E-state index in [1.54, 1.807) is 12.4 Å². The van der Waals surface area contributed by atoms with Crippen molar-refractivity contribution in [3.05, 3.63) is 30.1 Å². The van der Waals surface area contributed by atoms with Crippen LogP contribution < -0.4 is 0 Å². The van der Waals surface area contributed by atoms with Crippen molar-refractivity contribution >= 4 is 10.0 Å². The second-order valence-corrected chi connectivity index (χ2v) is 7.25. The average Bonchev–Trinajstić information content (AvgIpc) is 2.35. The maximum Gasteiger partial charge on any atom is 0.214 e. The fourth-order valence-electron chi connectivity index (χ4n) is 2.36. The van der Waals surface area contributed by atoms with Gasteiger partial charge in [0.05, 0.1) is 11.4 Å². The van der Waals surface area contributed by atoms with Crippen LogP contribution in [0.15, 0.2) is 24.5 Å². The third kappa shape index (κ3) is 3.52. The first-order valence-electron chi connectivity index (χ1n) is 6.54. The molecule has 2 rings (SSSR count). The van der Waals surface area contributed by atoms with E-state index in [-0.39, 0.29) is 18.8 Å². The number of aryl methyl sites for hydroxylation is 1. The first-order valence-corrected chi connectivity index (χ1v) is 8.15. The summed E-state index contributed by atoms with van der Waals surface area (Å²) in [7, 11) is -3.26. The molecule has 19 heavy (non-hydrogen) atoms. The van der Waals surface area contributed by atoms with E-state index in [2.05, 4.69) is 4.98 Å². The van der Waals surface area contributed by atoms with Crippen LogP contribution in [0.3, 0.4) is 0 Å². The second kappa shape index (κ2) is 5.56. The summed E-state index contributed by atoms with van der Waals surface area (Å²) in [5, 5.41) is 10.0. The molecule has 0 spiro atoms. The third-order valence-electron chi connectivity index (χ3n) is 3.45. The summed E-state index contributed by atoms with van der Waals surface area (Å²) in [5.74, 6) is 0.0826. The van der Waals surface area contributed by atoms with Crippen LogP contribution in [0.5, 0.6) is 0 Å². The average molecular weight is 284 g/mol. The molecule has 1 fully saturated rings. The third-order valence-corrected chi connectivity index (χ3v) is 5.21. The van der Waals surface area contributed by atoms with Gasteiger partial charge in [-0.3, -0.25) is 4.98 Å². The topological polar surface area (TPSA) is 70.5 Å². The number of hydrogen-bond donors (Lipinski definition) is 1.